The van der Waals surface area contributed by atoms with Gasteiger partial charge < -0.3 is 9.84 Å². The third-order valence-corrected chi connectivity index (χ3v) is 5.49. The average Bonchev–Trinajstić information content (AvgIpc) is 2.37. The molecule has 6 nitrogen and oxygen atoms in total. The highest BCUT2D eigenvalue weighted by molar-refractivity contribution is 7.89. The summed E-state index contributed by atoms with van der Waals surface area (Å²) in [5.74, 6) is -0.672. The summed E-state index contributed by atoms with van der Waals surface area (Å²) in [5, 5.41) is 9.27. The van der Waals surface area contributed by atoms with Gasteiger partial charge in [0.05, 0.1) is 17.4 Å². The number of aliphatic carboxylic acids is 1. The molecule has 0 atom stereocenters. The molecular weight excluding hydrogens is 294 g/mol. The minimum Gasteiger partial charge on any atom is -0.497 e. The zero-order valence-corrected chi connectivity index (χ0v) is 13.6. The molecule has 0 bridgehead atoms. The van der Waals surface area contributed by atoms with Crippen molar-refractivity contribution in [2.45, 2.75) is 38.1 Å². The lowest BCUT2D eigenvalue weighted by Crippen LogP contribution is -2.56. The van der Waals surface area contributed by atoms with Crippen molar-refractivity contribution in [3.05, 3.63) is 24.3 Å². The largest absolute Gasteiger partial charge is 0.497 e. The van der Waals surface area contributed by atoms with Crippen LogP contribution in [0.5, 0.6) is 5.75 Å². The molecular formula is C14H21NO5S. The molecule has 0 saturated carbocycles. The quantitative estimate of drug-likeness (QED) is 0.836. The van der Waals surface area contributed by atoms with Gasteiger partial charge in [-0.25, -0.2) is 13.1 Å². The number of hydrogen-bond donors (Lipinski definition) is 2. The first kappa shape index (κ1) is 17.5. The summed E-state index contributed by atoms with van der Waals surface area (Å²) < 4.78 is 32.3. The van der Waals surface area contributed by atoms with Gasteiger partial charge in [-0.3, -0.25) is 4.79 Å². The van der Waals surface area contributed by atoms with Crippen LogP contribution in [0.3, 0.4) is 0 Å². The third kappa shape index (κ3) is 3.54. The molecule has 0 unspecified atom stereocenters. The molecule has 0 spiro atoms. The first-order valence-electron chi connectivity index (χ1n) is 6.35. The monoisotopic (exact) mass is 315 g/mol. The summed E-state index contributed by atoms with van der Waals surface area (Å²) in [6, 6.07) is 6.00. The Labute approximate surface area is 125 Å². The SMILES string of the molecule is COc1cccc(S(=O)(=O)NC(C)(C)C(C)(C)C(=O)O)c1. The smallest absolute Gasteiger partial charge is 0.310 e. The molecule has 0 aliphatic rings. The summed E-state index contributed by atoms with van der Waals surface area (Å²) in [4.78, 5) is 11.4. The van der Waals surface area contributed by atoms with E-state index in [2.05, 4.69) is 4.72 Å². The number of methoxy groups -OCH3 is 1. The van der Waals surface area contributed by atoms with Crippen LogP contribution in [-0.2, 0) is 14.8 Å². The molecule has 0 amide bonds. The number of carboxylic acids is 1. The number of carbonyl (C=O) groups is 1. The molecule has 0 aromatic heterocycles. The highest BCUT2D eigenvalue weighted by Crippen LogP contribution is 2.32. The second-order valence-corrected chi connectivity index (χ2v) is 7.52. The Morgan fingerprint density at radius 3 is 2.29 bits per heavy atom. The predicted molar refractivity (Wildman–Crippen MR) is 78.8 cm³/mol. The van der Waals surface area contributed by atoms with Crippen LogP contribution in [0.2, 0.25) is 0 Å². The van der Waals surface area contributed by atoms with Gasteiger partial charge in [-0.05, 0) is 39.8 Å². The van der Waals surface area contributed by atoms with Crippen molar-refractivity contribution in [1.29, 1.82) is 0 Å². The number of benzene rings is 1. The second kappa shape index (κ2) is 5.65. The van der Waals surface area contributed by atoms with Crippen molar-refractivity contribution >= 4 is 16.0 Å². The highest BCUT2D eigenvalue weighted by Gasteiger charge is 2.45. The molecule has 0 aliphatic heterocycles. The molecule has 7 heteroatoms. The van der Waals surface area contributed by atoms with Crippen LogP contribution >= 0.6 is 0 Å². The maximum atomic E-state index is 12.4. The molecule has 21 heavy (non-hydrogen) atoms. The normalized spacial score (nSPS) is 13.0. The van der Waals surface area contributed by atoms with Crippen LogP contribution in [0, 0.1) is 5.41 Å². The van der Waals surface area contributed by atoms with Gasteiger partial charge in [-0.1, -0.05) is 6.07 Å². The van der Waals surface area contributed by atoms with Gasteiger partial charge in [0.1, 0.15) is 5.75 Å². The molecule has 118 valence electrons. The fourth-order valence-corrected chi connectivity index (χ4v) is 3.13. The number of hydrogen-bond acceptors (Lipinski definition) is 4. The Kier molecular flexibility index (Phi) is 4.70. The van der Waals surface area contributed by atoms with Crippen molar-refractivity contribution in [2.24, 2.45) is 5.41 Å². The Balaban J connectivity index is 3.18. The Hall–Kier alpha value is -1.60. The van der Waals surface area contributed by atoms with E-state index < -0.39 is 26.9 Å². The fourth-order valence-electron chi connectivity index (χ4n) is 1.56. The van der Waals surface area contributed by atoms with E-state index in [0.29, 0.717) is 5.75 Å². The molecule has 2 N–H and O–H groups in total. The molecule has 0 heterocycles. The van der Waals surface area contributed by atoms with Crippen molar-refractivity contribution in [1.82, 2.24) is 4.72 Å². The van der Waals surface area contributed by atoms with Crippen LogP contribution in [0.15, 0.2) is 29.2 Å². The van der Waals surface area contributed by atoms with Gasteiger partial charge in [0.15, 0.2) is 0 Å². The van der Waals surface area contributed by atoms with E-state index in [9.17, 15) is 18.3 Å². The van der Waals surface area contributed by atoms with E-state index in [1.807, 2.05) is 0 Å². The molecule has 1 aromatic rings. The van der Waals surface area contributed by atoms with E-state index in [1.165, 1.54) is 33.1 Å². The van der Waals surface area contributed by atoms with E-state index >= 15 is 0 Å². The van der Waals surface area contributed by atoms with Crippen molar-refractivity contribution in [3.63, 3.8) is 0 Å². The summed E-state index contributed by atoms with van der Waals surface area (Å²) in [6.45, 7) is 6.03. The lowest BCUT2D eigenvalue weighted by atomic mass is 9.75. The van der Waals surface area contributed by atoms with Crippen molar-refractivity contribution in [2.75, 3.05) is 7.11 Å². The van der Waals surface area contributed by atoms with Crippen molar-refractivity contribution in [3.8, 4) is 5.75 Å². The average molecular weight is 315 g/mol. The predicted octanol–water partition coefficient (Wildman–Crippen LogP) is 1.86. The maximum absolute atomic E-state index is 12.4. The topological polar surface area (TPSA) is 92.7 Å². The molecule has 1 aromatic carbocycles. The van der Waals surface area contributed by atoms with Crippen LogP contribution < -0.4 is 9.46 Å². The van der Waals surface area contributed by atoms with Gasteiger partial charge in [-0.15, -0.1) is 0 Å². The molecule has 0 fully saturated rings. The van der Waals surface area contributed by atoms with Gasteiger partial charge in [0, 0.05) is 11.6 Å². The number of nitrogens with one attached hydrogen (secondary N) is 1. The van der Waals surface area contributed by atoms with Crippen LogP contribution in [-0.4, -0.2) is 32.1 Å². The number of rotatable bonds is 6. The number of ether oxygens (including phenoxy) is 1. The van der Waals surface area contributed by atoms with E-state index in [4.69, 9.17) is 4.74 Å². The van der Waals surface area contributed by atoms with Gasteiger partial charge in [0.25, 0.3) is 0 Å². The molecule has 0 aliphatic carbocycles. The lowest BCUT2D eigenvalue weighted by Gasteiger charge is -2.38. The second-order valence-electron chi connectivity index (χ2n) is 5.84. The fraction of sp³-hybridized carbons (Fsp3) is 0.500. The molecule has 0 saturated heterocycles. The standard InChI is InChI=1S/C14H21NO5S/c1-13(2,12(16)17)14(3,4)15-21(18,19)11-8-6-7-10(9-11)20-5/h6-9,15H,1-5H3,(H,16,17). The molecule has 0 radical (unpaired) electrons. The van der Waals surface area contributed by atoms with E-state index in [-0.39, 0.29) is 4.90 Å². The number of sulfonamides is 1. The Morgan fingerprint density at radius 1 is 1.24 bits per heavy atom. The van der Waals surface area contributed by atoms with Gasteiger partial charge >= 0.3 is 5.97 Å². The van der Waals surface area contributed by atoms with Gasteiger partial charge in [-0.2, -0.15) is 0 Å². The maximum Gasteiger partial charge on any atom is 0.310 e. The summed E-state index contributed by atoms with van der Waals surface area (Å²) >= 11 is 0. The first-order chi connectivity index (χ1) is 9.44. The minimum absolute atomic E-state index is 0.0242. The Bertz CT molecular complexity index is 635. The van der Waals surface area contributed by atoms with Gasteiger partial charge in [0.2, 0.25) is 10.0 Å². The lowest BCUT2D eigenvalue weighted by molar-refractivity contribution is -0.150. The summed E-state index contributed by atoms with van der Waals surface area (Å²) in [5.41, 5.74) is -2.46. The van der Waals surface area contributed by atoms with E-state index in [0.717, 1.165) is 0 Å². The van der Waals surface area contributed by atoms with Crippen LogP contribution in [0.1, 0.15) is 27.7 Å². The third-order valence-electron chi connectivity index (χ3n) is 3.84. The highest BCUT2D eigenvalue weighted by atomic mass is 32.2. The zero-order chi connectivity index (χ0) is 16.5. The van der Waals surface area contributed by atoms with Crippen LogP contribution in [0.25, 0.3) is 0 Å². The van der Waals surface area contributed by atoms with E-state index in [1.54, 1.807) is 26.0 Å². The summed E-state index contributed by atoms with van der Waals surface area (Å²) in [7, 11) is -2.42. The summed E-state index contributed by atoms with van der Waals surface area (Å²) in [6.07, 6.45) is 0. The van der Waals surface area contributed by atoms with Crippen LogP contribution in [0.4, 0.5) is 0 Å². The first-order valence-corrected chi connectivity index (χ1v) is 7.84. The molecule has 1 rings (SSSR count). The zero-order valence-electron chi connectivity index (χ0n) is 12.8. The Morgan fingerprint density at radius 2 is 1.81 bits per heavy atom. The minimum atomic E-state index is -3.86. The van der Waals surface area contributed by atoms with Crippen molar-refractivity contribution < 1.29 is 23.1 Å². The number of carboxylic acid groups (broad SMARTS) is 1.